The molecular formula is C30H17N3O9-4. The largest absolute Gasteiger partial charge is 0.872 e. The van der Waals surface area contributed by atoms with Crippen molar-refractivity contribution < 1.29 is 45.0 Å². The molecule has 0 saturated heterocycles. The van der Waals surface area contributed by atoms with Gasteiger partial charge in [-0.2, -0.15) is 0 Å². The number of hydrogen-bond donors (Lipinski definition) is 5. The number of carbonyl (C=O) groups excluding carboxylic acids is 2. The molecule has 0 bridgehead atoms. The number of benzene rings is 4. The molecule has 0 aliphatic heterocycles. The van der Waals surface area contributed by atoms with Gasteiger partial charge in [-0.1, -0.05) is 11.5 Å². The molecule has 0 spiro atoms. The zero-order valence-electron chi connectivity index (χ0n) is 21.2. The second kappa shape index (κ2) is 11.1. The zero-order valence-corrected chi connectivity index (χ0v) is 21.2. The number of aromatic hydroxyl groups is 1. The van der Waals surface area contributed by atoms with Gasteiger partial charge in [0.2, 0.25) is 0 Å². The number of hydrogen-bond acceptors (Lipinski definition) is 11. The first kappa shape index (κ1) is 28.7. The molecule has 12 nitrogen and oxygen atoms in total. The van der Waals surface area contributed by atoms with Crippen molar-refractivity contribution in [1.82, 2.24) is 0 Å². The van der Waals surface area contributed by atoms with E-state index >= 15 is 0 Å². The fraction of sp³-hybridized carbons (Fsp3) is 0. The van der Waals surface area contributed by atoms with Gasteiger partial charge in [-0.25, -0.2) is 4.79 Å². The molecule has 0 fully saturated rings. The molecule has 0 atom stereocenters. The van der Waals surface area contributed by atoms with E-state index in [1.54, 1.807) is 0 Å². The summed E-state index contributed by atoms with van der Waals surface area (Å²) >= 11 is 0. The second-order valence-corrected chi connectivity index (χ2v) is 8.96. The summed E-state index contributed by atoms with van der Waals surface area (Å²) in [5, 5.41) is 90.7. The van der Waals surface area contributed by atoms with Crippen LogP contribution in [0.25, 0.3) is 33.4 Å². The van der Waals surface area contributed by atoms with Gasteiger partial charge in [0, 0.05) is 24.2 Å². The van der Waals surface area contributed by atoms with Crippen molar-refractivity contribution in [2.75, 3.05) is 0 Å². The summed E-state index contributed by atoms with van der Waals surface area (Å²) < 4.78 is 0. The molecule has 0 aromatic heterocycles. The molecule has 0 aliphatic rings. The van der Waals surface area contributed by atoms with Crippen LogP contribution in [0.15, 0.2) is 54.6 Å². The van der Waals surface area contributed by atoms with Crippen molar-refractivity contribution >= 4 is 36.6 Å². The van der Waals surface area contributed by atoms with Crippen molar-refractivity contribution in [2.45, 2.75) is 0 Å². The fourth-order valence-corrected chi connectivity index (χ4v) is 4.38. The Hall–Kier alpha value is -6.30. The maximum Gasteiger partial charge on any atom is 0.339 e. The molecule has 4 rings (SSSR count). The van der Waals surface area contributed by atoms with Gasteiger partial charge >= 0.3 is 5.97 Å². The quantitative estimate of drug-likeness (QED) is 0.181. The van der Waals surface area contributed by atoms with Crippen LogP contribution >= 0.6 is 0 Å². The maximum absolute atomic E-state index is 12.4. The van der Waals surface area contributed by atoms with Crippen LogP contribution in [0.5, 0.6) is 17.2 Å². The predicted molar refractivity (Wildman–Crippen MR) is 143 cm³/mol. The van der Waals surface area contributed by atoms with E-state index in [1.807, 2.05) is 0 Å². The van der Waals surface area contributed by atoms with Crippen molar-refractivity contribution in [3.05, 3.63) is 88.0 Å². The number of carboxylic acids is 3. The highest BCUT2D eigenvalue weighted by Gasteiger charge is 2.18. The number of nitrogens with one attached hydrogen (secondary N) is 3. The average molecular weight is 563 g/mol. The Morgan fingerprint density at radius 1 is 0.548 bits per heavy atom. The minimum Gasteiger partial charge on any atom is -0.872 e. The van der Waals surface area contributed by atoms with Gasteiger partial charge < -0.3 is 56.5 Å². The topological polar surface area (TPSA) is 255 Å². The number of carbonyl (C=O) groups is 3. The molecule has 0 unspecified atom stereocenters. The molecule has 210 valence electrons. The highest BCUT2D eigenvalue weighted by molar-refractivity contribution is 6.00. The molecule has 0 radical (unpaired) electrons. The molecule has 12 heteroatoms. The van der Waals surface area contributed by atoms with Gasteiger partial charge in [-0.05, 0) is 110 Å². The summed E-state index contributed by atoms with van der Waals surface area (Å²) in [5.74, 6) is -7.63. The first-order valence-electron chi connectivity index (χ1n) is 11.8. The van der Waals surface area contributed by atoms with Gasteiger partial charge in [0.25, 0.3) is 0 Å². The Kier molecular flexibility index (Phi) is 7.56. The first-order valence-corrected chi connectivity index (χ1v) is 11.8. The first-order chi connectivity index (χ1) is 19.9. The minimum absolute atomic E-state index is 0.118. The van der Waals surface area contributed by atoms with Crippen molar-refractivity contribution in [2.24, 2.45) is 0 Å². The van der Waals surface area contributed by atoms with Crippen LogP contribution in [-0.2, 0) is 0 Å². The third-order valence-corrected chi connectivity index (χ3v) is 6.44. The molecule has 42 heavy (non-hydrogen) atoms. The standard InChI is InChI=1S/C30H21N3O9/c31-10-19-4-16(7-22(25(19)34)28(37)38)13-1-14(17-5-20(11-32)26(35)23(8-17)29(39)40)3-15(2-13)18-6-21(12-33)27(36)24(9-18)30(41)42/h1-12,31-36H,(H,37,38)(H,39,40)(H,41,42)/p-4. The van der Waals surface area contributed by atoms with E-state index in [0.717, 1.165) is 24.4 Å². The molecule has 4 aromatic carbocycles. The van der Waals surface area contributed by atoms with Crippen molar-refractivity contribution in [3.8, 4) is 50.6 Å². The number of aromatic carboxylic acids is 3. The van der Waals surface area contributed by atoms with Crippen LogP contribution in [0.2, 0.25) is 0 Å². The van der Waals surface area contributed by atoms with Gasteiger partial charge in [-0.15, -0.1) is 0 Å². The van der Waals surface area contributed by atoms with Crippen LogP contribution in [0.4, 0.5) is 0 Å². The highest BCUT2D eigenvalue weighted by Crippen LogP contribution is 2.38. The molecule has 5 N–H and O–H groups in total. The number of rotatable bonds is 9. The monoisotopic (exact) mass is 563 g/mol. The lowest BCUT2D eigenvalue weighted by atomic mass is 9.89. The van der Waals surface area contributed by atoms with E-state index < -0.39 is 51.8 Å². The smallest absolute Gasteiger partial charge is 0.339 e. The van der Waals surface area contributed by atoms with Gasteiger partial charge in [0.05, 0.1) is 11.9 Å². The number of phenols is 1. The predicted octanol–water partition coefficient (Wildman–Crippen LogP) is 0.959. The Bertz CT molecular complexity index is 1640. The summed E-state index contributed by atoms with van der Waals surface area (Å²) in [7, 11) is 0. The van der Waals surface area contributed by atoms with Crippen molar-refractivity contribution in [1.29, 1.82) is 16.2 Å². The molecule has 0 saturated carbocycles. The Morgan fingerprint density at radius 3 is 1.17 bits per heavy atom. The third-order valence-electron chi connectivity index (χ3n) is 6.44. The normalized spacial score (nSPS) is 10.6. The number of carboxylic acid groups (broad SMARTS) is 3. The molecule has 0 aliphatic carbocycles. The van der Waals surface area contributed by atoms with Gasteiger partial charge in [0.15, 0.2) is 0 Å². The summed E-state index contributed by atoms with van der Waals surface area (Å²) in [4.78, 5) is 35.1. The zero-order chi connectivity index (χ0) is 30.9. The lowest BCUT2D eigenvalue weighted by Crippen LogP contribution is -2.24. The lowest BCUT2D eigenvalue weighted by Gasteiger charge is -2.21. The van der Waals surface area contributed by atoms with E-state index in [4.69, 9.17) is 16.2 Å². The Balaban J connectivity index is 2.12. The van der Waals surface area contributed by atoms with Crippen LogP contribution < -0.4 is 20.4 Å². The van der Waals surface area contributed by atoms with Crippen LogP contribution in [-0.4, -0.2) is 46.8 Å². The van der Waals surface area contributed by atoms with E-state index in [2.05, 4.69) is 0 Å². The van der Waals surface area contributed by atoms with Gasteiger partial charge in [0.1, 0.15) is 11.3 Å². The van der Waals surface area contributed by atoms with E-state index in [1.165, 1.54) is 36.4 Å². The third kappa shape index (κ3) is 5.14. The van der Waals surface area contributed by atoms with E-state index in [-0.39, 0.29) is 50.1 Å². The maximum atomic E-state index is 12.4. The molecule has 4 aromatic rings. The van der Waals surface area contributed by atoms with Crippen LogP contribution in [0, 0.1) is 16.2 Å². The fourth-order valence-electron chi connectivity index (χ4n) is 4.38. The summed E-state index contributed by atoms with van der Waals surface area (Å²) in [6.45, 7) is 0. The summed E-state index contributed by atoms with van der Waals surface area (Å²) in [6, 6.07) is 11.4. The van der Waals surface area contributed by atoms with Crippen LogP contribution in [0.1, 0.15) is 47.8 Å². The van der Waals surface area contributed by atoms with E-state index in [0.29, 0.717) is 12.4 Å². The SMILES string of the molecule is N=Cc1cc(-c2cc(-c3cc(C=N)c([O-])c(C(=O)[O-])c3)cc(-c3cc(C=N)c(O)c(C(=O)O)c3)c2)cc(C(=O)[O-])c1[O-]. The lowest BCUT2D eigenvalue weighted by molar-refractivity contribution is -0.277. The van der Waals surface area contributed by atoms with Gasteiger partial charge in [-0.3, -0.25) is 0 Å². The van der Waals surface area contributed by atoms with Crippen LogP contribution in [0.3, 0.4) is 0 Å². The average Bonchev–Trinajstić information content (AvgIpc) is 2.96. The minimum atomic E-state index is -1.79. The second-order valence-electron chi connectivity index (χ2n) is 8.96. The van der Waals surface area contributed by atoms with E-state index in [9.17, 15) is 45.0 Å². The molecule has 0 heterocycles. The molecular weight excluding hydrogens is 546 g/mol. The molecule has 0 amide bonds. The summed E-state index contributed by atoms with van der Waals surface area (Å²) in [5.41, 5.74) is -1.60. The Morgan fingerprint density at radius 2 is 0.857 bits per heavy atom. The summed E-state index contributed by atoms with van der Waals surface area (Å²) in [6.07, 6.45) is 2.06. The highest BCUT2D eigenvalue weighted by atomic mass is 16.4. The van der Waals surface area contributed by atoms with Crippen molar-refractivity contribution in [3.63, 3.8) is 0 Å². The Labute approximate surface area is 236 Å².